The third-order valence-corrected chi connectivity index (χ3v) is 5.71. The molecule has 0 amide bonds. The zero-order chi connectivity index (χ0) is 12.4. The fourth-order valence-corrected chi connectivity index (χ4v) is 4.09. The first-order valence-electron chi connectivity index (χ1n) is 7.64. The Balaban J connectivity index is 1.84. The number of fused-ring (bicyclic) bond motifs is 3. The van der Waals surface area contributed by atoms with Crippen molar-refractivity contribution in [2.24, 2.45) is 10.8 Å². The number of rotatable bonds is 6. The molecule has 0 unspecified atom stereocenters. The highest BCUT2D eigenvalue weighted by molar-refractivity contribution is 5.82. The van der Waals surface area contributed by atoms with Crippen LogP contribution >= 0.6 is 0 Å². The lowest BCUT2D eigenvalue weighted by molar-refractivity contribution is -0.136. The van der Waals surface area contributed by atoms with Crippen molar-refractivity contribution in [2.45, 2.75) is 84.5 Å². The molecule has 0 aromatic carbocycles. The van der Waals surface area contributed by atoms with Crippen molar-refractivity contribution >= 4 is 5.78 Å². The van der Waals surface area contributed by atoms with Crippen molar-refractivity contribution in [3.8, 4) is 0 Å². The zero-order valence-electron chi connectivity index (χ0n) is 11.7. The number of hydrogen-bond donors (Lipinski definition) is 0. The van der Waals surface area contributed by atoms with Crippen molar-refractivity contribution < 1.29 is 4.79 Å². The number of unbranched alkanes of at least 4 members (excludes halogenated alkanes) is 3. The molecule has 3 aliphatic rings. The van der Waals surface area contributed by atoms with Crippen LogP contribution in [-0.2, 0) is 4.79 Å². The third-order valence-electron chi connectivity index (χ3n) is 5.71. The van der Waals surface area contributed by atoms with Gasteiger partial charge < -0.3 is 0 Å². The van der Waals surface area contributed by atoms with Crippen molar-refractivity contribution in [2.75, 3.05) is 0 Å². The van der Waals surface area contributed by atoms with Gasteiger partial charge in [0, 0.05) is 5.41 Å². The molecule has 3 fully saturated rings. The number of carbonyl (C=O) groups is 1. The highest BCUT2D eigenvalue weighted by Gasteiger charge is 2.50. The minimum absolute atomic E-state index is 0.116. The Labute approximate surface area is 106 Å². The van der Waals surface area contributed by atoms with E-state index in [2.05, 4.69) is 6.92 Å². The smallest absolute Gasteiger partial charge is 0.135 e. The fraction of sp³-hybridized carbons (Fsp3) is 0.938. The van der Waals surface area contributed by atoms with Crippen LogP contribution < -0.4 is 0 Å². The van der Waals surface area contributed by atoms with Crippen molar-refractivity contribution in [1.82, 2.24) is 0 Å². The van der Waals surface area contributed by atoms with E-state index in [4.69, 9.17) is 0 Å². The zero-order valence-corrected chi connectivity index (χ0v) is 11.7. The highest BCUT2D eigenvalue weighted by atomic mass is 16.1. The maximum atomic E-state index is 11.8. The maximum absolute atomic E-state index is 11.8. The summed E-state index contributed by atoms with van der Waals surface area (Å²) in [6.45, 7) is 4.10. The van der Waals surface area contributed by atoms with Gasteiger partial charge in [0.2, 0.25) is 0 Å². The molecule has 0 radical (unpaired) electrons. The van der Waals surface area contributed by atoms with Gasteiger partial charge in [0.25, 0.3) is 0 Å². The van der Waals surface area contributed by atoms with Gasteiger partial charge >= 0.3 is 0 Å². The molecule has 0 aromatic rings. The van der Waals surface area contributed by atoms with E-state index < -0.39 is 0 Å². The lowest BCUT2D eigenvalue weighted by Crippen LogP contribution is -2.45. The summed E-state index contributed by atoms with van der Waals surface area (Å²) in [5.74, 6) is 0.469. The molecule has 17 heavy (non-hydrogen) atoms. The second-order valence-corrected chi connectivity index (χ2v) is 6.65. The van der Waals surface area contributed by atoms with E-state index in [0.717, 1.165) is 0 Å². The van der Waals surface area contributed by atoms with Gasteiger partial charge in [0.1, 0.15) is 5.78 Å². The molecule has 3 saturated carbocycles. The Morgan fingerprint density at radius 2 is 1.53 bits per heavy atom. The average molecular weight is 236 g/mol. The molecule has 3 rings (SSSR count). The summed E-state index contributed by atoms with van der Waals surface area (Å²) in [5, 5.41) is 0. The molecule has 0 N–H and O–H groups in total. The summed E-state index contributed by atoms with van der Waals surface area (Å²) in [5.41, 5.74) is 0.760. The molecule has 1 heteroatoms. The van der Waals surface area contributed by atoms with Crippen LogP contribution in [0.1, 0.15) is 84.5 Å². The summed E-state index contributed by atoms with van der Waals surface area (Å²) in [4.78, 5) is 11.8. The fourth-order valence-electron chi connectivity index (χ4n) is 4.09. The molecule has 0 atom stereocenters. The minimum Gasteiger partial charge on any atom is -0.299 e. The Morgan fingerprint density at radius 3 is 2.00 bits per heavy atom. The van der Waals surface area contributed by atoms with Crippen LogP contribution in [0.3, 0.4) is 0 Å². The summed E-state index contributed by atoms with van der Waals surface area (Å²) >= 11 is 0. The topological polar surface area (TPSA) is 17.1 Å². The van der Waals surface area contributed by atoms with E-state index in [9.17, 15) is 4.79 Å². The summed E-state index contributed by atoms with van der Waals surface area (Å²) < 4.78 is 0. The van der Waals surface area contributed by atoms with Crippen molar-refractivity contribution in [3.05, 3.63) is 0 Å². The van der Waals surface area contributed by atoms with Gasteiger partial charge in [-0.1, -0.05) is 32.6 Å². The van der Waals surface area contributed by atoms with Gasteiger partial charge in [-0.3, -0.25) is 4.79 Å². The molecule has 0 aliphatic heterocycles. The lowest BCUT2D eigenvalue weighted by atomic mass is 9.51. The molecule has 0 saturated heterocycles. The molecule has 98 valence electrons. The van der Waals surface area contributed by atoms with E-state index in [0.29, 0.717) is 11.2 Å². The molecule has 0 heterocycles. The lowest BCUT2D eigenvalue weighted by Gasteiger charge is -2.52. The van der Waals surface area contributed by atoms with E-state index in [1.807, 2.05) is 6.92 Å². The summed E-state index contributed by atoms with van der Waals surface area (Å²) in [6, 6.07) is 0. The van der Waals surface area contributed by atoms with Crippen LogP contribution in [0.4, 0.5) is 0 Å². The van der Waals surface area contributed by atoms with Crippen LogP contribution in [0.5, 0.6) is 0 Å². The highest BCUT2D eigenvalue weighted by Crippen LogP contribution is 2.59. The van der Waals surface area contributed by atoms with Gasteiger partial charge in [0.15, 0.2) is 0 Å². The molecule has 0 aromatic heterocycles. The number of Topliss-reactive ketones (excluding diaryl/α,β-unsaturated/α-hetero) is 1. The monoisotopic (exact) mass is 236 g/mol. The third kappa shape index (κ3) is 2.58. The van der Waals surface area contributed by atoms with Crippen LogP contribution in [-0.4, -0.2) is 5.78 Å². The Morgan fingerprint density at radius 1 is 0.941 bits per heavy atom. The molecule has 0 spiro atoms. The van der Waals surface area contributed by atoms with Gasteiger partial charge in [-0.05, 0) is 57.3 Å². The van der Waals surface area contributed by atoms with Crippen LogP contribution in [0.25, 0.3) is 0 Å². The number of hydrogen-bond acceptors (Lipinski definition) is 1. The molecule has 1 nitrogen and oxygen atoms in total. The molecule has 2 bridgehead atoms. The first kappa shape index (κ1) is 13.1. The van der Waals surface area contributed by atoms with E-state index >= 15 is 0 Å². The second-order valence-electron chi connectivity index (χ2n) is 6.65. The SMILES string of the molecule is CCCCCCC12CCC(C(C)=O)(CC1)CC2. The Hall–Kier alpha value is -0.330. The minimum atomic E-state index is 0.116. The van der Waals surface area contributed by atoms with Gasteiger partial charge in [-0.25, -0.2) is 0 Å². The van der Waals surface area contributed by atoms with Crippen molar-refractivity contribution in [3.63, 3.8) is 0 Å². The second kappa shape index (κ2) is 5.12. The standard InChI is InChI=1S/C16H28O/c1-3-4-5-6-7-15-8-11-16(12-9-15,13-10-15)14(2)17/h3-13H2,1-2H3. The van der Waals surface area contributed by atoms with E-state index in [1.54, 1.807) is 0 Å². The first-order valence-corrected chi connectivity index (χ1v) is 7.64. The van der Waals surface area contributed by atoms with Crippen LogP contribution in [0.2, 0.25) is 0 Å². The van der Waals surface area contributed by atoms with Gasteiger partial charge in [0.05, 0.1) is 0 Å². The molecular formula is C16H28O. The van der Waals surface area contributed by atoms with Gasteiger partial charge in [-0.2, -0.15) is 0 Å². The quantitative estimate of drug-likeness (QED) is 0.600. The normalized spacial score (nSPS) is 36.1. The van der Waals surface area contributed by atoms with E-state index in [-0.39, 0.29) is 5.41 Å². The predicted octanol–water partition coefficient (Wildman–Crippen LogP) is 4.89. The average Bonchev–Trinajstić information content (AvgIpc) is 2.37. The Kier molecular flexibility index (Phi) is 3.95. The number of carbonyl (C=O) groups excluding carboxylic acids is 1. The molecular weight excluding hydrogens is 208 g/mol. The summed E-state index contributed by atoms with van der Waals surface area (Å²) in [6.07, 6.45) is 14.6. The van der Waals surface area contributed by atoms with E-state index in [1.165, 1.54) is 70.6 Å². The van der Waals surface area contributed by atoms with Crippen molar-refractivity contribution in [1.29, 1.82) is 0 Å². The maximum Gasteiger partial charge on any atom is 0.135 e. The van der Waals surface area contributed by atoms with Crippen LogP contribution in [0, 0.1) is 10.8 Å². The first-order chi connectivity index (χ1) is 8.13. The molecule has 3 aliphatic carbocycles. The van der Waals surface area contributed by atoms with Crippen LogP contribution in [0.15, 0.2) is 0 Å². The largest absolute Gasteiger partial charge is 0.299 e. The number of ketones is 1. The van der Waals surface area contributed by atoms with Gasteiger partial charge in [-0.15, -0.1) is 0 Å². The predicted molar refractivity (Wildman–Crippen MR) is 72.0 cm³/mol. The Bertz CT molecular complexity index is 255. The summed E-state index contributed by atoms with van der Waals surface area (Å²) in [7, 11) is 0.